The van der Waals surface area contributed by atoms with E-state index in [4.69, 9.17) is 0 Å². The summed E-state index contributed by atoms with van der Waals surface area (Å²) in [6, 6.07) is 28.0. The molecule has 5 heteroatoms. The molecule has 5 nitrogen and oxygen atoms in total. The molecule has 3 aromatic carbocycles. The molecule has 0 radical (unpaired) electrons. The summed E-state index contributed by atoms with van der Waals surface area (Å²) in [6.07, 6.45) is -0.0332. The van der Waals surface area contributed by atoms with E-state index < -0.39 is 17.8 Å². The average Bonchev–Trinajstić information content (AvgIpc) is 2.87. The van der Waals surface area contributed by atoms with E-state index in [1.54, 1.807) is 24.3 Å². The minimum Gasteiger partial charge on any atom is -0.481 e. The number of ketones is 2. The van der Waals surface area contributed by atoms with Crippen LogP contribution in [-0.4, -0.2) is 47.2 Å². The summed E-state index contributed by atoms with van der Waals surface area (Å²) in [6.45, 7) is 1.13. The molecular formula is C28H27NO4. The Kier molecular flexibility index (Phi) is 7.10. The second kappa shape index (κ2) is 10.4. The van der Waals surface area contributed by atoms with Crippen molar-refractivity contribution in [1.82, 2.24) is 4.90 Å². The molecule has 168 valence electrons. The lowest BCUT2D eigenvalue weighted by molar-refractivity contribution is -0.137. The number of carbonyl (C=O) groups excluding carboxylic acids is 2. The third-order valence-electron chi connectivity index (χ3n) is 6.39. The molecule has 4 rings (SSSR count). The van der Waals surface area contributed by atoms with Crippen molar-refractivity contribution in [3.63, 3.8) is 0 Å². The quantitative estimate of drug-likeness (QED) is 0.519. The molecule has 3 aromatic rings. The predicted octanol–water partition coefficient (Wildman–Crippen LogP) is 4.56. The van der Waals surface area contributed by atoms with Crippen LogP contribution in [-0.2, 0) is 4.79 Å². The normalized spacial score (nSPS) is 20.8. The fourth-order valence-electron chi connectivity index (χ4n) is 4.84. The van der Waals surface area contributed by atoms with Crippen molar-refractivity contribution in [2.75, 3.05) is 19.6 Å². The zero-order valence-corrected chi connectivity index (χ0v) is 18.3. The van der Waals surface area contributed by atoms with Crippen molar-refractivity contribution in [2.24, 2.45) is 11.8 Å². The first-order valence-electron chi connectivity index (χ1n) is 11.2. The van der Waals surface area contributed by atoms with Gasteiger partial charge >= 0.3 is 5.97 Å². The number of nitrogens with zero attached hydrogens (tertiary/aromatic N) is 1. The van der Waals surface area contributed by atoms with Gasteiger partial charge in [0.15, 0.2) is 11.6 Å². The molecule has 0 bridgehead atoms. The largest absolute Gasteiger partial charge is 0.481 e. The standard InChI is InChI=1S/C28H27NO4/c30-25(31)16-17-29-18-23(27(32)21-12-6-2-7-13-21)26(20-10-4-1-5-11-20)24(19-29)28(33)22-14-8-3-9-15-22/h1-15,23-24,26H,16-19H2,(H,30,31). The highest BCUT2D eigenvalue weighted by molar-refractivity contribution is 6.02. The molecule has 1 N–H and O–H groups in total. The Hall–Kier alpha value is -3.57. The van der Waals surface area contributed by atoms with E-state index in [1.807, 2.05) is 71.6 Å². The van der Waals surface area contributed by atoms with Crippen LogP contribution in [0.5, 0.6) is 0 Å². The van der Waals surface area contributed by atoms with Crippen molar-refractivity contribution < 1.29 is 19.5 Å². The summed E-state index contributed by atoms with van der Waals surface area (Å²) in [5.74, 6) is -2.15. The van der Waals surface area contributed by atoms with Crippen LogP contribution in [0.1, 0.15) is 38.6 Å². The van der Waals surface area contributed by atoms with E-state index in [0.717, 1.165) is 5.56 Å². The zero-order valence-electron chi connectivity index (χ0n) is 18.3. The van der Waals surface area contributed by atoms with E-state index in [2.05, 4.69) is 0 Å². The number of benzene rings is 3. The average molecular weight is 442 g/mol. The van der Waals surface area contributed by atoms with Gasteiger partial charge in [-0.05, 0) is 5.56 Å². The van der Waals surface area contributed by atoms with Gasteiger partial charge in [0, 0.05) is 48.5 Å². The fourth-order valence-corrected chi connectivity index (χ4v) is 4.84. The topological polar surface area (TPSA) is 74.7 Å². The smallest absolute Gasteiger partial charge is 0.304 e. The van der Waals surface area contributed by atoms with Gasteiger partial charge in [-0.25, -0.2) is 0 Å². The summed E-state index contributed by atoms with van der Waals surface area (Å²) >= 11 is 0. The third-order valence-corrected chi connectivity index (χ3v) is 6.39. The van der Waals surface area contributed by atoms with Gasteiger partial charge in [0.2, 0.25) is 0 Å². The number of rotatable bonds is 8. The molecule has 0 saturated carbocycles. The van der Waals surface area contributed by atoms with Crippen LogP contribution in [0, 0.1) is 11.8 Å². The maximum absolute atomic E-state index is 13.7. The zero-order chi connectivity index (χ0) is 23.2. The highest BCUT2D eigenvalue weighted by Crippen LogP contribution is 2.40. The number of aliphatic carboxylic acids is 1. The van der Waals surface area contributed by atoms with Crippen molar-refractivity contribution >= 4 is 17.5 Å². The molecule has 1 aliphatic rings. The Balaban J connectivity index is 1.77. The molecule has 2 unspecified atom stereocenters. The molecule has 2 atom stereocenters. The van der Waals surface area contributed by atoms with E-state index >= 15 is 0 Å². The maximum Gasteiger partial charge on any atom is 0.304 e. The van der Waals surface area contributed by atoms with Crippen molar-refractivity contribution in [3.8, 4) is 0 Å². The lowest BCUT2D eigenvalue weighted by Gasteiger charge is -2.43. The molecule has 33 heavy (non-hydrogen) atoms. The first-order chi connectivity index (χ1) is 16.0. The number of carbonyl (C=O) groups is 3. The van der Waals surface area contributed by atoms with Gasteiger partial charge in [0.05, 0.1) is 6.42 Å². The van der Waals surface area contributed by atoms with E-state index in [9.17, 15) is 19.5 Å². The molecule has 1 saturated heterocycles. The lowest BCUT2D eigenvalue weighted by atomic mass is 9.68. The van der Waals surface area contributed by atoms with Crippen molar-refractivity contribution in [2.45, 2.75) is 12.3 Å². The number of piperidine rings is 1. The molecule has 1 fully saturated rings. The first-order valence-corrected chi connectivity index (χ1v) is 11.2. The Labute approximate surface area is 193 Å². The van der Waals surface area contributed by atoms with E-state index in [1.165, 1.54) is 0 Å². The van der Waals surface area contributed by atoms with Crippen LogP contribution in [0.25, 0.3) is 0 Å². The van der Waals surface area contributed by atoms with Gasteiger partial charge in [-0.1, -0.05) is 91.0 Å². The van der Waals surface area contributed by atoms with Gasteiger partial charge in [-0.15, -0.1) is 0 Å². The Bertz CT molecular complexity index is 1040. The third kappa shape index (κ3) is 5.26. The van der Waals surface area contributed by atoms with Crippen molar-refractivity contribution in [1.29, 1.82) is 0 Å². The molecule has 1 aliphatic heterocycles. The summed E-state index contributed by atoms with van der Waals surface area (Å²) in [5.41, 5.74) is 2.17. The van der Waals surface area contributed by atoms with Crippen LogP contribution in [0.3, 0.4) is 0 Å². The highest BCUT2D eigenvalue weighted by atomic mass is 16.4. The number of hydrogen-bond acceptors (Lipinski definition) is 4. The van der Waals surface area contributed by atoms with Crippen molar-refractivity contribution in [3.05, 3.63) is 108 Å². The number of hydrogen-bond donors (Lipinski definition) is 1. The summed E-state index contributed by atoms with van der Waals surface area (Å²) < 4.78 is 0. The van der Waals surface area contributed by atoms with Crippen LogP contribution in [0.2, 0.25) is 0 Å². The van der Waals surface area contributed by atoms with Crippen LogP contribution in [0.4, 0.5) is 0 Å². The maximum atomic E-state index is 13.7. The summed E-state index contributed by atoms with van der Waals surface area (Å²) in [7, 11) is 0. The highest BCUT2D eigenvalue weighted by Gasteiger charge is 2.44. The van der Waals surface area contributed by atoms with Gasteiger partial charge in [-0.2, -0.15) is 0 Å². The number of carboxylic acid groups (broad SMARTS) is 1. The summed E-state index contributed by atoms with van der Waals surface area (Å²) in [5, 5.41) is 9.22. The molecule has 0 aromatic heterocycles. The minimum absolute atomic E-state index is 0.0182. The monoisotopic (exact) mass is 441 g/mol. The fraction of sp³-hybridized carbons (Fsp3) is 0.250. The Morgan fingerprint density at radius 2 is 1.12 bits per heavy atom. The van der Waals surface area contributed by atoms with Gasteiger partial charge in [0.1, 0.15) is 0 Å². The number of Topliss-reactive ketones (excluding diaryl/α,β-unsaturated/α-hetero) is 2. The molecule has 0 spiro atoms. The molecular weight excluding hydrogens is 414 g/mol. The summed E-state index contributed by atoms with van der Waals surface area (Å²) in [4.78, 5) is 40.6. The Morgan fingerprint density at radius 3 is 1.55 bits per heavy atom. The van der Waals surface area contributed by atoms with Crippen LogP contribution >= 0.6 is 0 Å². The SMILES string of the molecule is O=C(O)CCN1CC(C(=O)c2ccccc2)C(c2ccccc2)C(C(=O)c2ccccc2)C1. The second-order valence-electron chi connectivity index (χ2n) is 8.51. The molecule has 0 amide bonds. The van der Waals surface area contributed by atoms with Gasteiger partial charge < -0.3 is 10.0 Å². The minimum atomic E-state index is -0.892. The first kappa shape index (κ1) is 22.6. The van der Waals surface area contributed by atoms with Gasteiger partial charge in [0.25, 0.3) is 0 Å². The molecule has 0 aliphatic carbocycles. The Morgan fingerprint density at radius 1 is 0.697 bits per heavy atom. The van der Waals surface area contributed by atoms with Crippen LogP contribution in [0.15, 0.2) is 91.0 Å². The van der Waals surface area contributed by atoms with Crippen LogP contribution < -0.4 is 0 Å². The number of carboxylic acids is 1. The lowest BCUT2D eigenvalue weighted by Crippen LogP contribution is -2.50. The van der Waals surface area contributed by atoms with E-state index in [0.29, 0.717) is 30.8 Å². The molecule has 1 heterocycles. The second-order valence-corrected chi connectivity index (χ2v) is 8.51. The number of likely N-dealkylation sites (tertiary alicyclic amines) is 1. The predicted molar refractivity (Wildman–Crippen MR) is 126 cm³/mol. The van der Waals surface area contributed by atoms with E-state index in [-0.39, 0.29) is 23.9 Å². The van der Waals surface area contributed by atoms with Gasteiger partial charge in [-0.3, -0.25) is 14.4 Å².